The highest BCUT2D eigenvalue weighted by Gasteiger charge is 2.37. The molecule has 0 spiro atoms. The van der Waals surface area contributed by atoms with E-state index in [1.807, 2.05) is 30.3 Å². The molecule has 4 aliphatic rings. The van der Waals surface area contributed by atoms with Crippen molar-refractivity contribution in [2.75, 3.05) is 38.3 Å². The Labute approximate surface area is 307 Å². The minimum Gasteiger partial charge on any atom is -0.493 e. The van der Waals surface area contributed by atoms with Gasteiger partial charge in [-0.3, -0.25) is 19.8 Å². The predicted molar refractivity (Wildman–Crippen MR) is 194 cm³/mol. The molecule has 8 rings (SSSR count). The molecule has 5 heterocycles. The topological polar surface area (TPSA) is 103 Å². The summed E-state index contributed by atoms with van der Waals surface area (Å²) in [6.45, 7) is 3.70. The van der Waals surface area contributed by atoms with Crippen molar-refractivity contribution in [3.8, 4) is 11.5 Å². The predicted octanol–water partition coefficient (Wildman–Crippen LogP) is 7.96. The van der Waals surface area contributed by atoms with Crippen molar-refractivity contribution < 1.29 is 28.5 Å². The lowest BCUT2D eigenvalue weighted by Gasteiger charge is -2.44. The summed E-state index contributed by atoms with van der Waals surface area (Å²) in [5.41, 5.74) is 3.09. The summed E-state index contributed by atoms with van der Waals surface area (Å²) in [6, 6.07) is 16.1. The first kappa shape index (κ1) is 35.0. The zero-order valence-corrected chi connectivity index (χ0v) is 29.9. The molecule has 3 saturated heterocycles. The minimum atomic E-state index is -0.758. The number of esters is 1. The Morgan fingerprint density at radius 2 is 1.71 bits per heavy atom. The Kier molecular flexibility index (Phi) is 10.9. The Morgan fingerprint density at radius 3 is 2.35 bits per heavy atom. The highest BCUT2D eigenvalue weighted by molar-refractivity contribution is 6.35. The van der Waals surface area contributed by atoms with E-state index in [9.17, 15) is 9.59 Å². The fourth-order valence-corrected chi connectivity index (χ4v) is 7.20. The van der Waals surface area contributed by atoms with Gasteiger partial charge in [-0.05, 0) is 104 Å². The van der Waals surface area contributed by atoms with E-state index in [1.54, 1.807) is 48.7 Å². The summed E-state index contributed by atoms with van der Waals surface area (Å²) in [5, 5.41) is 0.744. The minimum absolute atomic E-state index is 0.132. The van der Waals surface area contributed by atoms with Crippen LogP contribution in [0.1, 0.15) is 58.8 Å². The molecule has 0 N–H and O–H groups in total. The number of hydrogen-bond donors (Lipinski definition) is 0. The number of piperidine rings is 3. The molecule has 2 aromatic carbocycles. The maximum Gasteiger partial charge on any atom is 0.414 e. The van der Waals surface area contributed by atoms with Crippen LogP contribution in [0.25, 0.3) is 0 Å². The summed E-state index contributed by atoms with van der Waals surface area (Å²) in [4.78, 5) is 39.6. The van der Waals surface area contributed by atoms with Crippen LogP contribution in [0, 0.1) is 11.8 Å². The van der Waals surface area contributed by atoms with E-state index in [4.69, 9.17) is 42.1 Å². The molecule has 1 amide bonds. The Bertz CT molecular complexity index is 1810. The van der Waals surface area contributed by atoms with Gasteiger partial charge in [-0.1, -0.05) is 41.4 Å². The van der Waals surface area contributed by atoms with Gasteiger partial charge >= 0.3 is 12.1 Å². The maximum absolute atomic E-state index is 13.7. The van der Waals surface area contributed by atoms with Crippen LogP contribution in [-0.4, -0.2) is 66.4 Å². The molecule has 266 valence electrons. The van der Waals surface area contributed by atoms with E-state index in [-0.39, 0.29) is 19.1 Å². The number of pyridine rings is 2. The lowest BCUT2D eigenvalue weighted by atomic mass is 9.86. The molecule has 51 heavy (non-hydrogen) atoms. The monoisotopic (exact) mass is 730 g/mol. The molecule has 2 atom stereocenters. The number of rotatable bonds is 13. The van der Waals surface area contributed by atoms with Crippen molar-refractivity contribution in [3.05, 3.63) is 112 Å². The Balaban J connectivity index is 1.09. The standard InChI is InChI=1S/C39H40Cl2N4O6/c1-48-34-11-10-29(17-36(34)49-24-26-4-5-26)35(18-31-32(40)20-43-21-33(31)41)50-38(46)28-8-6-25(7-9-28)22-45(30-3-2-14-42-19-30)39(47)51-37-23-44-15-12-27(37)13-16-44/h2-3,6-11,14,17,19-21,26-27,35,37H,4-5,12-13,15-16,18,22-24H2,1H3/t35-,37+/m1/s1. The molecule has 0 unspecified atom stereocenters. The third-order valence-corrected chi connectivity index (χ3v) is 10.5. The average molecular weight is 732 g/mol. The number of hydrogen-bond acceptors (Lipinski definition) is 9. The third-order valence-electron chi connectivity index (χ3n) is 9.88. The van der Waals surface area contributed by atoms with Gasteiger partial charge in [0.15, 0.2) is 11.5 Å². The first-order chi connectivity index (χ1) is 24.8. The molecule has 12 heteroatoms. The molecule has 1 saturated carbocycles. The van der Waals surface area contributed by atoms with Crippen molar-refractivity contribution in [1.82, 2.24) is 14.9 Å². The van der Waals surface area contributed by atoms with Crippen LogP contribution in [0.15, 0.2) is 79.4 Å². The molecule has 1 aliphatic carbocycles. The summed E-state index contributed by atoms with van der Waals surface area (Å²) in [5.74, 6) is 1.55. The number of halogens is 2. The van der Waals surface area contributed by atoms with E-state index in [2.05, 4.69) is 14.9 Å². The zero-order chi connectivity index (χ0) is 35.3. The highest BCUT2D eigenvalue weighted by atomic mass is 35.5. The van der Waals surface area contributed by atoms with Gasteiger partial charge in [0.1, 0.15) is 12.2 Å². The lowest BCUT2D eigenvalue weighted by molar-refractivity contribution is -0.0311. The Morgan fingerprint density at radius 1 is 0.941 bits per heavy atom. The van der Waals surface area contributed by atoms with Crippen LogP contribution in [0.3, 0.4) is 0 Å². The number of fused-ring (bicyclic) bond motifs is 3. The van der Waals surface area contributed by atoms with E-state index in [0.717, 1.165) is 50.9 Å². The normalized spacial score (nSPS) is 19.9. The maximum atomic E-state index is 13.7. The number of benzene rings is 2. The second-order valence-corrected chi connectivity index (χ2v) is 14.2. The summed E-state index contributed by atoms with van der Waals surface area (Å²) >= 11 is 13.0. The number of amides is 1. The number of methoxy groups -OCH3 is 1. The molecule has 2 bridgehead atoms. The van der Waals surface area contributed by atoms with Gasteiger partial charge in [0.25, 0.3) is 0 Å². The van der Waals surface area contributed by atoms with Crippen LogP contribution >= 0.6 is 23.2 Å². The summed E-state index contributed by atoms with van der Waals surface area (Å²) < 4.78 is 23.9. The number of nitrogens with zero attached hydrogens (tertiary/aromatic N) is 4. The fourth-order valence-electron chi connectivity index (χ4n) is 6.68. The quantitative estimate of drug-likeness (QED) is 0.127. The Hall–Kier alpha value is -4.38. The van der Waals surface area contributed by atoms with Crippen LogP contribution in [0.5, 0.6) is 11.5 Å². The van der Waals surface area contributed by atoms with Crippen molar-refractivity contribution in [2.24, 2.45) is 11.8 Å². The SMILES string of the molecule is COc1ccc([C@@H](Cc2c(Cl)cncc2Cl)OC(=O)c2ccc(CN(C(=O)O[C@H]3CN4CCC3CC4)c3cccnc3)cc2)cc1OCC1CC1. The van der Waals surface area contributed by atoms with Crippen LogP contribution < -0.4 is 14.4 Å². The van der Waals surface area contributed by atoms with E-state index in [0.29, 0.717) is 62.4 Å². The number of anilines is 1. The van der Waals surface area contributed by atoms with Crippen molar-refractivity contribution in [1.29, 1.82) is 0 Å². The van der Waals surface area contributed by atoms with Gasteiger partial charge in [-0.15, -0.1) is 0 Å². The van der Waals surface area contributed by atoms with Gasteiger partial charge in [0, 0.05) is 31.6 Å². The second kappa shape index (κ2) is 15.9. The van der Waals surface area contributed by atoms with Crippen LogP contribution in [0.2, 0.25) is 10.0 Å². The average Bonchev–Trinajstić information content (AvgIpc) is 4.00. The first-order valence-electron chi connectivity index (χ1n) is 17.3. The molecule has 3 aliphatic heterocycles. The van der Waals surface area contributed by atoms with Gasteiger partial charge in [-0.2, -0.15) is 0 Å². The summed E-state index contributed by atoms with van der Waals surface area (Å²) in [7, 11) is 1.59. The number of aromatic nitrogens is 2. The molecule has 2 aromatic heterocycles. The highest BCUT2D eigenvalue weighted by Crippen LogP contribution is 2.38. The smallest absolute Gasteiger partial charge is 0.414 e. The van der Waals surface area contributed by atoms with Gasteiger partial charge in [0.05, 0.1) is 47.8 Å². The molecule has 0 radical (unpaired) electrons. The van der Waals surface area contributed by atoms with E-state index in [1.165, 1.54) is 12.4 Å². The molecule has 4 fully saturated rings. The van der Waals surface area contributed by atoms with E-state index >= 15 is 0 Å². The molecular weight excluding hydrogens is 691 g/mol. The molecule has 10 nitrogen and oxygen atoms in total. The van der Waals surface area contributed by atoms with E-state index < -0.39 is 18.2 Å². The van der Waals surface area contributed by atoms with Gasteiger partial charge in [-0.25, -0.2) is 9.59 Å². The molecular formula is C39H40Cl2N4O6. The van der Waals surface area contributed by atoms with Gasteiger partial charge in [0.2, 0.25) is 0 Å². The summed E-state index contributed by atoms with van der Waals surface area (Å²) in [6.07, 6.45) is 9.61. The van der Waals surface area contributed by atoms with Crippen LogP contribution in [0.4, 0.5) is 10.5 Å². The number of carbonyl (C=O) groups excluding carboxylic acids is 2. The third kappa shape index (κ3) is 8.57. The van der Waals surface area contributed by atoms with Crippen molar-refractivity contribution >= 4 is 41.0 Å². The second-order valence-electron chi connectivity index (χ2n) is 13.4. The van der Waals surface area contributed by atoms with Crippen LogP contribution in [-0.2, 0) is 22.4 Å². The molecule has 4 aromatic rings. The van der Waals surface area contributed by atoms with Gasteiger partial charge < -0.3 is 18.9 Å². The largest absolute Gasteiger partial charge is 0.493 e. The van der Waals surface area contributed by atoms with Crippen molar-refractivity contribution in [3.63, 3.8) is 0 Å². The lowest BCUT2D eigenvalue weighted by Crippen LogP contribution is -2.53. The fraction of sp³-hybridized carbons (Fsp3) is 0.385. The number of ether oxygens (including phenoxy) is 4. The van der Waals surface area contributed by atoms with Crippen molar-refractivity contribution in [2.45, 2.75) is 50.9 Å². The first-order valence-corrected chi connectivity index (χ1v) is 18.1. The number of carbonyl (C=O) groups is 2. The zero-order valence-electron chi connectivity index (χ0n) is 28.4.